The predicted molar refractivity (Wildman–Crippen MR) is 131 cm³/mol. The van der Waals surface area contributed by atoms with Gasteiger partial charge in [-0.1, -0.05) is 103 Å². The highest BCUT2D eigenvalue weighted by Crippen LogP contribution is 2.21. The van der Waals surface area contributed by atoms with Crippen molar-refractivity contribution in [1.82, 2.24) is 0 Å². The summed E-state index contributed by atoms with van der Waals surface area (Å²) in [5, 5.41) is 18.5. The highest BCUT2D eigenvalue weighted by atomic mass is 16.4. The van der Waals surface area contributed by atoms with Crippen LogP contribution in [0.15, 0.2) is 4.99 Å². The molecule has 0 spiro atoms. The maximum absolute atomic E-state index is 11.4. The summed E-state index contributed by atoms with van der Waals surface area (Å²) >= 11 is 0. The van der Waals surface area contributed by atoms with E-state index in [1.165, 1.54) is 96.3 Å². The Labute approximate surface area is 191 Å². The second-order valence-corrected chi connectivity index (χ2v) is 9.57. The number of carboxylic acid groups (broad SMARTS) is 1. The molecular formula is C26H51N2O3+. The number of amidine groups is 1. The normalized spacial score (nSPS) is 18.5. The Hall–Kier alpha value is -0.940. The Kier molecular flexibility index (Phi) is 16.9. The van der Waals surface area contributed by atoms with Crippen LogP contribution >= 0.6 is 0 Å². The van der Waals surface area contributed by atoms with Gasteiger partial charge in [-0.3, -0.25) is 4.48 Å². The Morgan fingerprint density at radius 2 is 1.29 bits per heavy atom. The van der Waals surface area contributed by atoms with Gasteiger partial charge in [-0.2, -0.15) is 0 Å². The first kappa shape index (κ1) is 28.1. The molecule has 0 aromatic rings. The molecule has 0 aliphatic carbocycles. The third-order valence-corrected chi connectivity index (χ3v) is 6.81. The van der Waals surface area contributed by atoms with Crippen molar-refractivity contribution in [2.24, 2.45) is 4.99 Å². The van der Waals surface area contributed by atoms with Crippen LogP contribution in [0.1, 0.15) is 122 Å². The Bertz CT molecular complexity index is 481. The van der Waals surface area contributed by atoms with E-state index in [1.54, 1.807) is 0 Å². The standard InChI is InChI=1S/C26H50N2O3/c1-2-3-4-5-6-7-8-9-10-11-12-13-14-15-16-17-19-25-27-20-22-28(25,21-18-23-29)24-26(30)31/h29H,2-24H2,1H3/p+1. The number of unbranched alkanes of at least 4 members (excludes halogenated alkanes) is 15. The maximum Gasteiger partial charge on any atom is 0.359 e. The van der Waals surface area contributed by atoms with E-state index >= 15 is 0 Å². The number of hydrogen-bond acceptors (Lipinski definition) is 3. The lowest BCUT2D eigenvalue weighted by atomic mass is 10.0. The quantitative estimate of drug-likeness (QED) is 0.153. The number of carboxylic acids is 1. The third kappa shape index (κ3) is 13.3. The number of quaternary nitrogens is 1. The van der Waals surface area contributed by atoms with Crippen LogP contribution in [0.3, 0.4) is 0 Å². The number of rotatable bonds is 22. The number of hydrogen-bond donors (Lipinski definition) is 2. The molecule has 0 saturated heterocycles. The molecule has 1 aliphatic rings. The lowest BCUT2D eigenvalue weighted by Gasteiger charge is -2.33. The molecule has 0 aromatic carbocycles. The average molecular weight is 440 g/mol. The molecule has 5 heteroatoms. The molecule has 31 heavy (non-hydrogen) atoms. The maximum atomic E-state index is 11.4. The van der Waals surface area contributed by atoms with E-state index in [0.717, 1.165) is 31.8 Å². The SMILES string of the molecule is CCCCCCCCCCCCCCCCCCC1=NCC[N+]1(CCCO)CC(=O)O. The molecule has 0 aromatic heterocycles. The second kappa shape index (κ2) is 18.6. The fourth-order valence-electron chi connectivity index (χ4n) is 4.92. The van der Waals surface area contributed by atoms with Gasteiger partial charge in [-0.05, 0) is 6.42 Å². The van der Waals surface area contributed by atoms with Crippen LogP contribution in [-0.2, 0) is 4.79 Å². The minimum atomic E-state index is -0.764. The summed E-state index contributed by atoms with van der Waals surface area (Å²) in [6.45, 7) is 4.71. The molecule has 1 atom stereocenters. The zero-order valence-electron chi connectivity index (χ0n) is 20.5. The highest BCUT2D eigenvalue weighted by molar-refractivity contribution is 5.80. The van der Waals surface area contributed by atoms with Crippen LogP contribution in [0.2, 0.25) is 0 Å². The van der Waals surface area contributed by atoms with Gasteiger partial charge in [0.15, 0.2) is 12.4 Å². The number of aliphatic imine (C=N–C) groups is 1. The lowest BCUT2D eigenvalue weighted by molar-refractivity contribution is -0.829. The fraction of sp³-hybridized carbons (Fsp3) is 0.923. The summed E-state index contributed by atoms with van der Waals surface area (Å²) < 4.78 is 0.467. The van der Waals surface area contributed by atoms with Crippen LogP contribution in [0, 0.1) is 0 Å². The molecule has 0 radical (unpaired) electrons. The van der Waals surface area contributed by atoms with Crippen molar-refractivity contribution in [2.45, 2.75) is 122 Å². The smallest absolute Gasteiger partial charge is 0.359 e. The van der Waals surface area contributed by atoms with Gasteiger partial charge in [0, 0.05) is 19.4 Å². The molecule has 0 saturated carbocycles. The van der Waals surface area contributed by atoms with E-state index < -0.39 is 5.97 Å². The number of aliphatic carboxylic acids is 1. The molecule has 1 aliphatic heterocycles. The topological polar surface area (TPSA) is 69.9 Å². The molecule has 0 fully saturated rings. The van der Waals surface area contributed by atoms with Gasteiger partial charge in [0.05, 0.1) is 13.1 Å². The van der Waals surface area contributed by atoms with Gasteiger partial charge in [-0.15, -0.1) is 0 Å². The second-order valence-electron chi connectivity index (χ2n) is 9.57. The number of aliphatic hydroxyl groups is 1. The van der Waals surface area contributed by atoms with Crippen molar-refractivity contribution in [3.63, 3.8) is 0 Å². The summed E-state index contributed by atoms with van der Waals surface area (Å²) in [4.78, 5) is 16.0. The van der Waals surface area contributed by atoms with Gasteiger partial charge >= 0.3 is 5.97 Å². The monoisotopic (exact) mass is 439 g/mol. The minimum absolute atomic E-state index is 0.109. The lowest BCUT2D eigenvalue weighted by Crippen LogP contribution is -2.54. The summed E-state index contributed by atoms with van der Waals surface area (Å²) in [5.41, 5.74) is 0. The molecule has 0 bridgehead atoms. The number of carbonyl (C=O) groups is 1. The zero-order chi connectivity index (χ0) is 22.6. The van der Waals surface area contributed by atoms with Crippen LogP contribution in [0.5, 0.6) is 0 Å². The first-order valence-electron chi connectivity index (χ1n) is 13.4. The fourth-order valence-corrected chi connectivity index (χ4v) is 4.92. The summed E-state index contributed by atoms with van der Waals surface area (Å²) in [6, 6.07) is 0. The molecule has 1 rings (SSSR count). The van der Waals surface area contributed by atoms with Crippen molar-refractivity contribution in [1.29, 1.82) is 0 Å². The van der Waals surface area contributed by atoms with Crippen LogP contribution in [-0.4, -0.2) is 59.3 Å². The summed E-state index contributed by atoms with van der Waals surface area (Å²) in [7, 11) is 0. The van der Waals surface area contributed by atoms with E-state index in [-0.39, 0.29) is 13.2 Å². The summed E-state index contributed by atoms with van der Waals surface area (Å²) in [6.07, 6.45) is 23.3. The van der Waals surface area contributed by atoms with Crippen molar-refractivity contribution in [2.75, 3.05) is 32.8 Å². The van der Waals surface area contributed by atoms with Gasteiger partial charge in [-0.25, -0.2) is 9.79 Å². The van der Waals surface area contributed by atoms with E-state index in [4.69, 9.17) is 0 Å². The van der Waals surface area contributed by atoms with Crippen molar-refractivity contribution in [3.8, 4) is 0 Å². The average Bonchev–Trinajstić information content (AvgIpc) is 3.13. The molecule has 1 unspecified atom stereocenters. The van der Waals surface area contributed by atoms with Gasteiger partial charge < -0.3 is 10.2 Å². The molecule has 2 N–H and O–H groups in total. The molecule has 182 valence electrons. The number of aliphatic hydroxyl groups excluding tert-OH is 1. The van der Waals surface area contributed by atoms with Crippen LogP contribution in [0.4, 0.5) is 0 Å². The molecule has 1 heterocycles. The van der Waals surface area contributed by atoms with Crippen molar-refractivity contribution in [3.05, 3.63) is 0 Å². The largest absolute Gasteiger partial charge is 0.477 e. The Morgan fingerprint density at radius 3 is 1.74 bits per heavy atom. The minimum Gasteiger partial charge on any atom is -0.477 e. The van der Waals surface area contributed by atoms with Crippen LogP contribution in [0.25, 0.3) is 0 Å². The van der Waals surface area contributed by atoms with Gasteiger partial charge in [0.2, 0.25) is 0 Å². The highest BCUT2D eigenvalue weighted by Gasteiger charge is 2.39. The van der Waals surface area contributed by atoms with E-state index in [1.807, 2.05) is 0 Å². The van der Waals surface area contributed by atoms with Crippen molar-refractivity contribution >= 4 is 11.8 Å². The molecule has 5 nitrogen and oxygen atoms in total. The number of nitrogens with zero attached hydrogens (tertiary/aromatic N) is 2. The van der Waals surface area contributed by atoms with E-state index in [9.17, 15) is 15.0 Å². The van der Waals surface area contributed by atoms with Gasteiger partial charge in [0.1, 0.15) is 6.54 Å². The Morgan fingerprint density at radius 1 is 0.806 bits per heavy atom. The predicted octanol–water partition coefficient (Wildman–Crippen LogP) is 6.33. The van der Waals surface area contributed by atoms with Crippen molar-refractivity contribution < 1.29 is 19.5 Å². The Balaban J connectivity index is 1.99. The zero-order valence-corrected chi connectivity index (χ0v) is 20.5. The first-order valence-corrected chi connectivity index (χ1v) is 13.4. The molecular weight excluding hydrogens is 388 g/mol. The molecule has 0 amide bonds. The third-order valence-electron chi connectivity index (χ3n) is 6.81. The van der Waals surface area contributed by atoms with E-state index in [2.05, 4.69) is 11.9 Å². The van der Waals surface area contributed by atoms with E-state index in [0.29, 0.717) is 17.4 Å². The summed E-state index contributed by atoms with van der Waals surface area (Å²) in [5.74, 6) is 0.292. The first-order chi connectivity index (χ1) is 15.1. The van der Waals surface area contributed by atoms with Gasteiger partial charge in [0.25, 0.3) is 0 Å². The van der Waals surface area contributed by atoms with Crippen LogP contribution < -0.4 is 0 Å².